The standard InChI is InChI=1S/C11H20N4OS/c1-7(2)9-10(17-15-14-9)11(16)13-6-8(3)5-12-4/h7-8,12H,5-6H2,1-4H3,(H,13,16). The van der Waals surface area contributed by atoms with Crippen molar-refractivity contribution in [2.75, 3.05) is 20.1 Å². The lowest BCUT2D eigenvalue weighted by atomic mass is 10.1. The van der Waals surface area contributed by atoms with Gasteiger partial charge in [-0.3, -0.25) is 4.79 Å². The summed E-state index contributed by atoms with van der Waals surface area (Å²) in [6.45, 7) is 7.66. The van der Waals surface area contributed by atoms with Gasteiger partial charge in [-0.25, -0.2) is 0 Å². The van der Waals surface area contributed by atoms with Gasteiger partial charge in [0.2, 0.25) is 0 Å². The molecule has 5 nitrogen and oxygen atoms in total. The van der Waals surface area contributed by atoms with Crippen molar-refractivity contribution in [2.45, 2.75) is 26.7 Å². The number of nitrogens with one attached hydrogen (secondary N) is 2. The summed E-state index contributed by atoms with van der Waals surface area (Å²) < 4.78 is 3.85. The minimum atomic E-state index is -0.0633. The number of carbonyl (C=O) groups excluding carboxylic acids is 1. The zero-order valence-corrected chi connectivity index (χ0v) is 11.6. The molecule has 0 spiro atoms. The van der Waals surface area contributed by atoms with E-state index in [0.717, 1.165) is 23.8 Å². The Kier molecular flexibility index (Phi) is 5.50. The lowest BCUT2D eigenvalue weighted by Crippen LogP contribution is -2.32. The number of hydrogen-bond donors (Lipinski definition) is 2. The van der Waals surface area contributed by atoms with Gasteiger partial charge in [0.1, 0.15) is 4.88 Å². The largest absolute Gasteiger partial charge is 0.351 e. The van der Waals surface area contributed by atoms with E-state index in [-0.39, 0.29) is 11.8 Å². The molecule has 0 saturated carbocycles. The minimum absolute atomic E-state index is 0.0633. The molecule has 0 fully saturated rings. The lowest BCUT2D eigenvalue weighted by Gasteiger charge is -2.11. The van der Waals surface area contributed by atoms with E-state index >= 15 is 0 Å². The van der Waals surface area contributed by atoms with Gasteiger partial charge in [0, 0.05) is 6.54 Å². The first-order valence-corrected chi connectivity index (χ1v) is 6.58. The fourth-order valence-corrected chi connectivity index (χ4v) is 2.24. The van der Waals surface area contributed by atoms with Crippen molar-refractivity contribution < 1.29 is 4.79 Å². The third-order valence-corrected chi connectivity index (χ3v) is 3.17. The van der Waals surface area contributed by atoms with Gasteiger partial charge < -0.3 is 10.6 Å². The second-order valence-electron chi connectivity index (χ2n) is 4.51. The van der Waals surface area contributed by atoms with Gasteiger partial charge in [0.05, 0.1) is 5.69 Å². The topological polar surface area (TPSA) is 66.9 Å². The molecule has 0 saturated heterocycles. The van der Waals surface area contributed by atoms with Crippen molar-refractivity contribution in [3.8, 4) is 0 Å². The molecule has 1 amide bonds. The van der Waals surface area contributed by atoms with E-state index in [1.165, 1.54) is 0 Å². The summed E-state index contributed by atoms with van der Waals surface area (Å²) in [5.74, 6) is 0.572. The molecule has 6 heteroatoms. The summed E-state index contributed by atoms with van der Waals surface area (Å²) in [6.07, 6.45) is 0. The van der Waals surface area contributed by atoms with Gasteiger partial charge >= 0.3 is 0 Å². The molecule has 1 aromatic heterocycles. The highest BCUT2D eigenvalue weighted by Crippen LogP contribution is 2.19. The maximum atomic E-state index is 11.9. The molecule has 96 valence electrons. The molecule has 1 unspecified atom stereocenters. The van der Waals surface area contributed by atoms with Crippen molar-refractivity contribution in [3.05, 3.63) is 10.6 Å². The van der Waals surface area contributed by atoms with E-state index in [1.807, 2.05) is 20.9 Å². The summed E-state index contributed by atoms with van der Waals surface area (Å²) in [5, 5.41) is 9.99. The summed E-state index contributed by atoms with van der Waals surface area (Å²) in [5.41, 5.74) is 0.786. The van der Waals surface area contributed by atoms with Crippen LogP contribution in [0.5, 0.6) is 0 Å². The number of hydrogen-bond acceptors (Lipinski definition) is 5. The molecule has 0 aliphatic carbocycles. The highest BCUT2D eigenvalue weighted by Gasteiger charge is 2.18. The molecule has 0 aromatic carbocycles. The van der Waals surface area contributed by atoms with Crippen LogP contribution in [0.3, 0.4) is 0 Å². The van der Waals surface area contributed by atoms with Crippen LogP contribution in [-0.4, -0.2) is 35.6 Å². The predicted octanol–water partition coefficient (Wildman–Crippen LogP) is 1.25. The first-order valence-electron chi connectivity index (χ1n) is 5.81. The van der Waals surface area contributed by atoms with Crippen molar-refractivity contribution in [1.29, 1.82) is 0 Å². The average Bonchev–Trinajstić information content (AvgIpc) is 2.75. The van der Waals surface area contributed by atoms with E-state index in [9.17, 15) is 4.79 Å². The van der Waals surface area contributed by atoms with Crippen LogP contribution < -0.4 is 10.6 Å². The smallest absolute Gasteiger partial charge is 0.264 e. The second kappa shape index (κ2) is 6.66. The van der Waals surface area contributed by atoms with E-state index < -0.39 is 0 Å². The average molecular weight is 256 g/mol. The van der Waals surface area contributed by atoms with E-state index in [2.05, 4.69) is 27.1 Å². The fourth-order valence-electron chi connectivity index (χ4n) is 1.50. The molecule has 1 aromatic rings. The predicted molar refractivity (Wildman–Crippen MR) is 69.4 cm³/mol. The highest BCUT2D eigenvalue weighted by molar-refractivity contribution is 7.08. The van der Waals surface area contributed by atoms with Crippen LogP contribution in [0.15, 0.2) is 0 Å². The first kappa shape index (κ1) is 14.1. The number of amides is 1. The zero-order chi connectivity index (χ0) is 12.8. The third kappa shape index (κ3) is 4.05. The number of carbonyl (C=O) groups is 1. The number of nitrogens with zero attached hydrogens (tertiary/aromatic N) is 2. The zero-order valence-electron chi connectivity index (χ0n) is 10.8. The van der Waals surface area contributed by atoms with Crippen molar-refractivity contribution in [1.82, 2.24) is 20.2 Å². The van der Waals surface area contributed by atoms with E-state index in [0.29, 0.717) is 17.3 Å². The number of aromatic nitrogens is 2. The Morgan fingerprint density at radius 1 is 1.35 bits per heavy atom. The van der Waals surface area contributed by atoms with Gasteiger partial charge in [0.15, 0.2) is 0 Å². The van der Waals surface area contributed by atoms with Gasteiger partial charge in [-0.05, 0) is 37.0 Å². The molecular weight excluding hydrogens is 236 g/mol. The van der Waals surface area contributed by atoms with Crippen LogP contribution >= 0.6 is 11.5 Å². The molecule has 0 aliphatic heterocycles. The van der Waals surface area contributed by atoms with Crippen LogP contribution in [-0.2, 0) is 0 Å². The molecule has 0 bridgehead atoms. The Bertz CT molecular complexity index is 364. The monoisotopic (exact) mass is 256 g/mol. The Hall–Kier alpha value is -1.01. The Morgan fingerprint density at radius 3 is 2.65 bits per heavy atom. The maximum absolute atomic E-state index is 11.9. The van der Waals surface area contributed by atoms with Gasteiger partial charge in [0.25, 0.3) is 5.91 Å². The van der Waals surface area contributed by atoms with E-state index in [4.69, 9.17) is 0 Å². The third-order valence-electron chi connectivity index (χ3n) is 2.43. The van der Waals surface area contributed by atoms with Gasteiger partial charge in [-0.1, -0.05) is 25.3 Å². The fraction of sp³-hybridized carbons (Fsp3) is 0.727. The Balaban J connectivity index is 2.55. The highest BCUT2D eigenvalue weighted by atomic mass is 32.1. The molecule has 1 heterocycles. The molecule has 0 aliphatic rings. The van der Waals surface area contributed by atoms with Crippen LogP contribution in [0.4, 0.5) is 0 Å². The van der Waals surface area contributed by atoms with Crippen LogP contribution in [0.25, 0.3) is 0 Å². The first-order chi connectivity index (χ1) is 8.06. The quantitative estimate of drug-likeness (QED) is 0.804. The normalized spacial score (nSPS) is 12.8. The maximum Gasteiger partial charge on any atom is 0.264 e. The summed E-state index contributed by atoms with van der Waals surface area (Å²) >= 11 is 1.16. The SMILES string of the molecule is CNCC(C)CNC(=O)c1snnc1C(C)C. The molecule has 1 rings (SSSR count). The van der Waals surface area contributed by atoms with Gasteiger partial charge in [-0.15, -0.1) is 5.10 Å². The molecule has 2 N–H and O–H groups in total. The summed E-state index contributed by atoms with van der Waals surface area (Å²) in [6, 6.07) is 0. The minimum Gasteiger partial charge on any atom is -0.351 e. The summed E-state index contributed by atoms with van der Waals surface area (Å²) in [4.78, 5) is 12.6. The molecule has 1 atom stereocenters. The molecule has 0 radical (unpaired) electrons. The van der Waals surface area contributed by atoms with Crippen molar-refractivity contribution in [2.24, 2.45) is 5.92 Å². The van der Waals surface area contributed by atoms with Crippen LogP contribution in [0.1, 0.15) is 42.1 Å². The lowest BCUT2D eigenvalue weighted by molar-refractivity contribution is 0.0950. The summed E-state index contributed by atoms with van der Waals surface area (Å²) in [7, 11) is 1.91. The van der Waals surface area contributed by atoms with Crippen molar-refractivity contribution >= 4 is 17.4 Å². The molecule has 17 heavy (non-hydrogen) atoms. The Labute approximate surface area is 106 Å². The molecular formula is C11H20N4OS. The van der Waals surface area contributed by atoms with E-state index in [1.54, 1.807) is 0 Å². The van der Waals surface area contributed by atoms with Crippen LogP contribution in [0, 0.1) is 5.92 Å². The second-order valence-corrected chi connectivity index (χ2v) is 5.27. The van der Waals surface area contributed by atoms with Gasteiger partial charge in [-0.2, -0.15) is 0 Å². The number of rotatable bonds is 6. The Morgan fingerprint density at radius 2 is 2.06 bits per heavy atom. The van der Waals surface area contributed by atoms with Crippen molar-refractivity contribution in [3.63, 3.8) is 0 Å². The van der Waals surface area contributed by atoms with Crippen LogP contribution in [0.2, 0.25) is 0 Å².